The van der Waals surface area contributed by atoms with Gasteiger partial charge < -0.3 is 9.52 Å². The quantitative estimate of drug-likeness (QED) is 0.683. The van der Waals surface area contributed by atoms with Gasteiger partial charge in [0.2, 0.25) is 0 Å². The standard InChI is InChI=1S/C18H17BrO2/c19-12-16(20)18-15(11-10-13-6-2-1-3-7-13)14-8-4-5-9-17(14)21-18/h1-9,16,20H,10-12H2. The topological polar surface area (TPSA) is 33.4 Å². The molecule has 0 aliphatic rings. The molecule has 21 heavy (non-hydrogen) atoms. The van der Waals surface area contributed by atoms with E-state index in [-0.39, 0.29) is 0 Å². The van der Waals surface area contributed by atoms with Gasteiger partial charge in [-0.2, -0.15) is 0 Å². The molecule has 1 atom stereocenters. The minimum Gasteiger partial charge on any atom is -0.458 e. The number of fused-ring (bicyclic) bond motifs is 1. The number of aliphatic hydroxyl groups excluding tert-OH is 1. The second-order valence-corrected chi connectivity index (χ2v) is 5.74. The van der Waals surface area contributed by atoms with E-state index in [9.17, 15) is 5.11 Å². The molecule has 0 radical (unpaired) electrons. The van der Waals surface area contributed by atoms with E-state index in [1.165, 1.54) is 5.56 Å². The maximum atomic E-state index is 10.2. The van der Waals surface area contributed by atoms with Crippen LogP contribution in [0, 0.1) is 0 Å². The smallest absolute Gasteiger partial charge is 0.137 e. The normalized spacial score (nSPS) is 12.7. The molecule has 2 aromatic carbocycles. The first-order chi connectivity index (χ1) is 10.3. The van der Waals surface area contributed by atoms with Gasteiger partial charge in [-0.1, -0.05) is 64.5 Å². The molecule has 3 rings (SSSR count). The van der Waals surface area contributed by atoms with Gasteiger partial charge in [-0.15, -0.1) is 0 Å². The zero-order valence-corrected chi connectivity index (χ0v) is 13.2. The highest BCUT2D eigenvalue weighted by Crippen LogP contribution is 2.31. The lowest BCUT2D eigenvalue weighted by molar-refractivity contribution is 0.176. The van der Waals surface area contributed by atoms with Crippen LogP contribution in [0.15, 0.2) is 59.0 Å². The molecule has 1 aromatic heterocycles. The minimum absolute atomic E-state index is 0.477. The first-order valence-electron chi connectivity index (χ1n) is 7.08. The fraction of sp³-hybridized carbons (Fsp3) is 0.222. The minimum atomic E-state index is -0.608. The highest BCUT2D eigenvalue weighted by Gasteiger charge is 2.19. The molecule has 1 heterocycles. The number of para-hydroxylation sites is 1. The van der Waals surface area contributed by atoms with Gasteiger partial charge in [0.1, 0.15) is 17.4 Å². The third-order valence-corrected chi connectivity index (χ3v) is 4.30. The van der Waals surface area contributed by atoms with Crippen LogP contribution in [0.2, 0.25) is 0 Å². The molecular formula is C18H17BrO2. The molecule has 0 spiro atoms. The average molecular weight is 345 g/mol. The van der Waals surface area contributed by atoms with Crippen LogP contribution in [0.25, 0.3) is 11.0 Å². The molecule has 2 nitrogen and oxygen atoms in total. The van der Waals surface area contributed by atoms with Crippen molar-refractivity contribution in [2.75, 3.05) is 5.33 Å². The summed E-state index contributed by atoms with van der Waals surface area (Å²) in [5, 5.41) is 11.7. The Morgan fingerprint density at radius 1 is 0.952 bits per heavy atom. The van der Waals surface area contributed by atoms with Crippen molar-refractivity contribution in [1.29, 1.82) is 0 Å². The summed E-state index contributed by atoms with van der Waals surface area (Å²) in [6.45, 7) is 0. The molecule has 0 amide bonds. The van der Waals surface area contributed by atoms with Gasteiger partial charge in [0.05, 0.1) is 0 Å². The van der Waals surface area contributed by atoms with Crippen LogP contribution in [0.3, 0.4) is 0 Å². The first-order valence-corrected chi connectivity index (χ1v) is 8.20. The van der Waals surface area contributed by atoms with Crippen molar-refractivity contribution in [1.82, 2.24) is 0 Å². The molecule has 0 aliphatic carbocycles. The van der Waals surface area contributed by atoms with E-state index in [1.807, 2.05) is 24.3 Å². The Labute approximate surface area is 132 Å². The van der Waals surface area contributed by atoms with Crippen LogP contribution in [0.5, 0.6) is 0 Å². The zero-order valence-electron chi connectivity index (χ0n) is 11.6. The lowest BCUT2D eigenvalue weighted by atomic mass is 10.0. The largest absolute Gasteiger partial charge is 0.458 e. The summed E-state index contributed by atoms with van der Waals surface area (Å²) >= 11 is 3.33. The Morgan fingerprint density at radius 3 is 2.43 bits per heavy atom. The monoisotopic (exact) mass is 344 g/mol. The number of halogens is 1. The van der Waals surface area contributed by atoms with E-state index < -0.39 is 6.10 Å². The molecule has 1 unspecified atom stereocenters. The van der Waals surface area contributed by atoms with Gasteiger partial charge in [-0.25, -0.2) is 0 Å². The summed E-state index contributed by atoms with van der Waals surface area (Å²) in [5.74, 6) is 0.684. The second-order valence-electron chi connectivity index (χ2n) is 5.10. The number of alkyl halides is 1. The molecule has 0 aliphatic heterocycles. The number of rotatable bonds is 5. The SMILES string of the molecule is OC(CBr)c1oc2ccccc2c1CCc1ccccc1. The van der Waals surface area contributed by atoms with Crippen molar-refractivity contribution in [3.8, 4) is 0 Å². The van der Waals surface area contributed by atoms with Crippen molar-refractivity contribution < 1.29 is 9.52 Å². The Bertz CT molecular complexity index is 718. The van der Waals surface area contributed by atoms with E-state index in [4.69, 9.17) is 4.42 Å². The second kappa shape index (κ2) is 6.46. The Kier molecular flexibility index (Phi) is 4.42. The molecule has 1 N–H and O–H groups in total. The van der Waals surface area contributed by atoms with E-state index in [2.05, 4.69) is 46.3 Å². The van der Waals surface area contributed by atoms with Crippen molar-refractivity contribution in [3.63, 3.8) is 0 Å². The van der Waals surface area contributed by atoms with Gasteiger partial charge in [0, 0.05) is 16.3 Å². The number of hydrogen-bond acceptors (Lipinski definition) is 2. The summed E-state index contributed by atoms with van der Waals surface area (Å²) in [6.07, 6.45) is 1.19. The fourth-order valence-corrected chi connectivity index (χ4v) is 2.92. The molecular weight excluding hydrogens is 328 g/mol. The number of benzene rings is 2. The summed E-state index contributed by atoms with van der Waals surface area (Å²) in [5.41, 5.74) is 3.25. The van der Waals surface area contributed by atoms with E-state index >= 15 is 0 Å². The van der Waals surface area contributed by atoms with Gasteiger partial charge in [-0.05, 0) is 24.5 Å². The van der Waals surface area contributed by atoms with Crippen LogP contribution in [0.1, 0.15) is 23.0 Å². The van der Waals surface area contributed by atoms with Crippen molar-refractivity contribution >= 4 is 26.9 Å². The highest BCUT2D eigenvalue weighted by molar-refractivity contribution is 9.09. The van der Waals surface area contributed by atoms with Crippen molar-refractivity contribution in [3.05, 3.63) is 71.5 Å². The molecule has 108 valence electrons. The van der Waals surface area contributed by atoms with Gasteiger partial charge >= 0.3 is 0 Å². The fourth-order valence-electron chi connectivity index (χ4n) is 2.63. The highest BCUT2D eigenvalue weighted by atomic mass is 79.9. The third-order valence-electron chi connectivity index (χ3n) is 3.68. The van der Waals surface area contributed by atoms with E-state index in [0.717, 1.165) is 29.4 Å². The van der Waals surface area contributed by atoms with Gasteiger partial charge in [0.15, 0.2) is 0 Å². The first kappa shape index (κ1) is 14.4. The van der Waals surface area contributed by atoms with Gasteiger partial charge in [0.25, 0.3) is 0 Å². The van der Waals surface area contributed by atoms with E-state index in [1.54, 1.807) is 0 Å². The van der Waals surface area contributed by atoms with Crippen LogP contribution in [-0.4, -0.2) is 10.4 Å². The van der Waals surface area contributed by atoms with Crippen molar-refractivity contribution in [2.24, 2.45) is 0 Å². The summed E-state index contributed by atoms with van der Waals surface area (Å²) in [4.78, 5) is 0. The number of hydrogen-bond donors (Lipinski definition) is 1. The lowest BCUT2D eigenvalue weighted by Crippen LogP contribution is -2.02. The molecule has 3 heteroatoms. The van der Waals surface area contributed by atoms with Crippen molar-refractivity contribution in [2.45, 2.75) is 18.9 Å². The number of aliphatic hydroxyl groups is 1. The predicted molar refractivity (Wildman–Crippen MR) is 88.8 cm³/mol. The maximum absolute atomic E-state index is 10.2. The maximum Gasteiger partial charge on any atom is 0.137 e. The molecule has 0 bridgehead atoms. The Hall–Kier alpha value is -1.58. The summed E-state index contributed by atoms with van der Waals surface area (Å²) < 4.78 is 5.86. The molecule has 3 aromatic rings. The zero-order chi connectivity index (χ0) is 14.7. The molecule has 0 saturated carbocycles. The lowest BCUT2D eigenvalue weighted by Gasteiger charge is -2.07. The van der Waals surface area contributed by atoms with Crippen LogP contribution >= 0.6 is 15.9 Å². The summed E-state index contributed by atoms with van der Waals surface area (Å²) in [7, 11) is 0. The number of aryl methyl sites for hydroxylation is 2. The molecule has 0 saturated heterocycles. The van der Waals surface area contributed by atoms with E-state index in [0.29, 0.717) is 11.1 Å². The van der Waals surface area contributed by atoms with Crippen LogP contribution in [-0.2, 0) is 12.8 Å². The number of furan rings is 1. The predicted octanol–water partition coefficient (Wildman–Crippen LogP) is 4.65. The Balaban J connectivity index is 1.95. The van der Waals surface area contributed by atoms with Crippen LogP contribution in [0.4, 0.5) is 0 Å². The average Bonchev–Trinajstić information content (AvgIpc) is 2.92. The van der Waals surface area contributed by atoms with Crippen LogP contribution < -0.4 is 0 Å². The third kappa shape index (κ3) is 3.04. The Morgan fingerprint density at radius 2 is 1.67 bits per heavy atom. The van der Waals surface area contributed by atoms with Gasteiger partial charge in [-0.3, -0.25) is 0 Å². The molecule has 0 fully saturated rings. The summed E-state index contributed by atoms with van der Waals surface area (Å²) in [6, 6.07) is 18.4.